The number of para-hydroxylation sites is 3. The first-order chi connectivity index (χ1) is 23.8. The molecule has 0 aliphatic rings. The molecule has 0 saturated carbocycles. The molecule has 0 fully saturated rings. The van der Waals surface area contributed by atoms with Gasteiger partial charge in [-0.3, -0.25) is 0 Å². The van der Waals surface area contributed by atoms with Crippen LogP contribution in [0.25, 0.3) is 43.5 Å². The fourth-order valence-electron chi connectivity index (χ4n) is 7.41. The van der Waals surface area contributed by atoms with E-state index in [1.165, 1.54) is 10.8 Å². The van der Waals surface area contributed by atoms with Gasteiger partial charge in [0, 0.05) is 10.8 Å². The second kappa shape index (κ2) is 12.0. The molecule has 8 aromatic rings. The summed E-state index contributed by atoms with van der Waals surface area (Å²) < 4.78 is 2.28. The lowest BCUT2D eigenvalue weighted by atomic mass is 9.99. The third-order valence-corrected chi connectivity index (χ3v) is 14.2. The molecule has 0 amide bonds. The third kappa shape index (κ3) is 4.48. The highest BCUT2D eigenvalue weighted by Crippen LogP contribution is 2.39. The number of hydrogen-bond donors (Lipinski definition) is 0. The summed E-state index contributed by atoms with van der Waals surface area (Å²) in [7, 11) is -3.05. The van der Waals surface area contributed by atoms with Crippen LogP contribution in [0.3, 0.4) is 0 Å². The van der Waals surface area contributed by atoms with Crippen molar-refractivity contribution in [3.05, 3.63) is 193 Å². The maximum atomic E-state index is 11.0. The molecule has 7 aromatic carbocycles. The van der Waals surface area contributed by atoms with E-state index < -0.39 is 8.07 Å². The highest BCUT2D eigenvalue weighted by molar-refractivity contribution is 7.20. The van der Waals surface area contributed by atoms with Gasteiger partial charge in [-0.1, -0.05) is 152 Å². The van der Waals surface area contributed by atoms with Crippen molar-refractivity contribution < 1.29 is 0 Å². The summed E-state index contributed by atoms with van der Waals surface area (Å²) in [6.45, 7) is 8.53. The van der Waals surface area contributed by atoms with Gasteiger partial charge >= 0.3 is 0 Å². The molecule has 1 heterocycles. The van der Waals surface area contributed by atoms with Crippen molar-refractivity contribution in [3.63, 3.8) is 0 Å². The van der Waals surface area contributed by atoms with Gasteiger partial charge in [0.15, 0.2) is 13.8 Å². The Bertz CT molecular complexity index is 2370. The average molecular weight is 628 g/mol. The maximum Gasteiger partial charge on any atom is 0.194 e. The van der Waals surface area contributed by atoms with Crippen LogP contribution in [-0.4, -0.2) is 12.6 Å². The van der Waals surface area contributed by atoms with Crippen molar-refractivity contribution in [2.24, 2.45) is 0 Å². The van der Waals surface area contributed by atoms with Crippen molar-refractivity contribution >= 4 is 56.3 Å². The van der Waals surface area contributed by atoms with E-state index in [2.05, 4.69) is 149 Å². The Morgan fingerprint density at radius 1 is 0.521 bits per heavy atom. The van der Waals surface area contributed by atoms with Crippen LogP contribution in [0.5, 0.6) is 0 Å². The minimum absolute atomic E-state index is 0.525. The quantitative estimate of drug-likeness (QED) is 0.104. The van der Waals surface area contributed by atoms with Crippen molar-refractivity contribution in [2.45, 2.75) is 0 Å². The molecule has 1 aromatic heterocycles. The maximum absolute atomic E-state index is 11.0. The fraction of sp³-hybridized carbons (Fsp3) is 0. The summed E-state index contributed by atoms with van der Waals surface area (Å²) in [6.07, 6.45) is 0. The van der Waals surface area contributed by atoms with Crippen molar-refractivity contribution in [3.8, 4) is 22.9 Å². The zero-order valence-corrected chi connectivity index (χ0v) is 27.1. The lowest BCUT2D eigenvalue weighted by molar-refractivity contribution is 1.18. The molecule has 0 unspecified atom stereocenters. The van der Waals surface area contributed by atoms with Crippen LogP contribution in [0, 0.1) is 17.9 Å². The van der Waals surface area contributed by atoms with Crippen molar-refractivity contribution in [1.82, 2.24) is 4.57 Å². The molecular formula is C44H29N3Si. The highest BCUT2D eigenvalue weighted by atomic mass is 28.3. The monoisotopic (exact) mass is 627 g/mol. The van der Waals surface area contributed by atoms with E-state index in [1.54, 1.807) is 0 Å². The first kappa shape index (κ1) is 29.0. The zero-order chi connectivity index (χ0) is 32.5. The molecule has 0 saturated heterocycles. The first-order valence-electron chi connectivity index (χ1n) is 16.0. The summed E-state index contributed by atoms with van der Waals surface area (Å²) >= 11 is 0. The second-order valence-electron chi connectivity index (χ2n) is 11.9. The van der Waals surface area contributed by atoms with Gasteiger partial charge in [0.1, 0.15) is 0 Å². The smallest absolute Gasteiger partial charge is 0.194 e. The average Bonchev–Trinajstić information content (AvgIpc) is 3.50. The summed E-state index contributed by atoms with van der Waals surface area (Å²) in [5, 5.41) is 17.7. The van der Waals surface area contributed by atoms with Crippen LogP contribution in [0.1, 0.15) is 5.56 Å². The lowest BCUT2D eigenvalue weighted by Crippen LogP contribution is -2.75. The normalized spacial score (nSPS) is 11.3. The number of nitriles is 1. The number of benzene rings is 7. The van der Waals surface area contributed by atoms with E-state index in [1.807, 2.05) is 42.5 Å². The molecule has 0 aliphatic carbocycles. The summed E-state index contributed by atoms with van der Waals surface area (Å²) in [4.78, 5) is 4.18. The van der Waals surface area contributed by atoms with E-state index >= 15 is 0 Å². The molecule has 0 aliphatic heterocycles. The minimum Gasteiger partial charge on any atom is -0.309 e. The fourth-order valence-corrected chi connectivity index (χ4v) is 12.3. The summed E-state index contributed by atoms with van der Waals surface area (Å²) in [5.41, 5.74) is 5.92. The molecule has 48 heavy (non-hydrogen) atoms. The van der Waals surface area contributed by atoms with Crippen LogP contribution in [0.4, 0.5) is 5.69 Å². The number of nitrogens with zero attached hydrogens (tertiary/aromatic N) is 3. The number of aromatic nitrogens is 1. The Labute approximate surface area is 281 Å². The van der Waals surface area contributed by atoms with E-state index in [0.29, 0.717) is 11.3 Å². The van der Waals surface area contributed by atoms with Gasteiger partial charge < -0.3 is 4.57 Å². The predicted octanol–water partition coefficient (Wildman–Crippen LogP) is 8.25. The number of rotatable bonds is 6. The molecular weight excluding hydrogens is 599 g/mol. The van der Waals surface area contributed by atoms with Gasteiger partial charge in [-0.15, -0.1) is 0 Å². The van der Waals surface area contributed by atoms with Gasteiger partial charge in [-0.05, 0) is 56.1 Å². The number of hydrogen-bond acceptors (Lipinski definition) is 1. The predicted molar refractivity (Wildman–Crippen MR) is 201 cm³/mol. The number of fused-ring (bicyclic) bond motifs is 3. The van der Waals surface area contributed by atoms with E-state index in [-0.39, 0.29) is 0 Å². The molecule has 0 bridgehead atoms. The Hall–Kier alpha value is -6.46. The molecule has 0 atom stereocenters. The van der Waals surface area contributed by atoms with Crippen LogP contribution >= 0.6 is 0 Å². The molecule has 224 valence electrons. The van der Waals surface area contributed by atoms with Crippen LogP contribution in [-0.2, 0) is 0 Å². The van der Waals surface area contributed by atoms with Gasteiger partial charge in [0.25, 0.3) is 0 Å². The Kier molecular flexibility index (Phi) is 7.27. The summed E-state index contributed by atoms with van der Waals surface area (Å²) in [6, 6.07) is 63.3. The first-order valence-corrected chi connectivity index (χ1v) is 18.0. The minimum atomic E-state index is -3.05. The largest absolute Gasteiger partial charge is 0.309 e. The van der Waals surface area contributed by atoms with E-state index in [9.17, 15) is 5.26 Å². The van der Waals surface area contributed by atoms with Gasteiger partial charge in [0.05, 0.1) is 34.9 Å². The third-order valence-electron chi connectivity index (χ3n) is 9.42. The lowest BCUT2D eigenvalue weighted by Gasteiger charge is -2.35. The summed E-state index contributed by atoms with van der Waals surface area (Å²) in [5.74, 6) is 0. The highest BCUT2D eigenvalue weighted by Gasteiger charge is 2.43. The van der Waals surface area contributed by atoms with E-state index in [4.69, 9.17) is 6.57 Å². The SMILES string of the molecule is [C-]#[N+]c1cc([Si](c2ccccc2)(c2ccccc2)c2ccccc2)c(C#N)cc1-c1ccccc1-n1c2ccccc2c2ccccc21. The van der Waals surface area contributed by atoms with Crippen LogP contribution in [0.15, 0.2) is 176 Å². The Morgan fingerprint density at radius 2 is 0.979 bits per heavy atom. The van der Waals surface area contributed by atoms with Crippen LogP contribution in [0.2, 0.25) is 0 Å². The molecule has 4 heteroatoms. The molecule has 8 rings (SSSR count). The van der Waals surface area contributed by atoms with Crippen LogP contribution < -0.4 is 20.7 Å². The topological polar surface area (TPSA) is 33.1 Å². The van der Waals surface area contributed by atoms with E-state index in [0.717, 1.165) is 48.6 Å². The molecule has 0 spiro atoms. The Balaban J connectivity index is 1.45. The van der Waals surface area contributed by atoms with Gasteiger partial charge in [-0.2, -0.15) is 5.26 Å². The van der Waals surface area contributed by atoms with Gasteiger partial charge in [0.2, 0.25) is 0 Å². The van der Waals surface area contributed by atoms with Crippen molar-refractivity contribution in [1.29, 1.82) is 5.26 Å². The molecule has 0 radical (unpaired) electrons. The Morgan fingerprint density at radius 3 is 1.48 bits per heavy atom. The standard InChI is InChI=1S/C44H29N3Si/c1-46-40-30-44(48(33-17-5-2-6-18-33,34-19-7-3-8-20-34)35-21-9-4-10-22-35)32(31-45)29-39(40)38-25-13-16-28-43(38)47-41-26-14-11-23-36(41)37-24-12-15-27-42(37)47/h2-30H. The molecule has 3 nitrogen and oxygen atoms in total. The van der Waals surface area contributed by atoms with Crippen molar-refractivity contribution in [2.75, 3.05) is 0 Å². The zero-order valence-electron chi connectivity index (χ0n) is 26.1. The van der Waals surface area contributed by atoms with Gasteiger partial charge in [-0.25, -0.2) is 4.85 Å². The second-order valence-corrected chi connectivity index (χ2v) is 15.6. The molecule has 0 N–H and O–H groups in total.